The molecular weight excluding hydrogens is 476 g/mol. The van der Waals surface area contributed by atoms with Crippen molar-refractivity contribution >= 4 is 60.9 Å². The fourth-order valence-corrected chi connectivity index (χ4v) is 6.53. The van der Waals surface area contributed by atoms with Crippen molar-refractivity contribution in [2.75, 3.05) is 30.8 Å². The highest BCUT2D eigenvalue weighted by atomic mass is 32.2. The molecule has 0 radical (unpaired) electrons. The van der Waals surface area contributed by atoms with Gasteiger partial charge in [0, 0.05) is 37.3 Å². The summed E-state index contributed by atoms with van der Waals surface area (Å²) in [5.74, 6) is 1.60. The summed E-state index contributed by atoms with van der Waals surface area (Å²) in [4.78, 5) is 31.4. The van der Waals surface area contributed by atoms with E-state index < -0.39 is 0 Å². The maximum atomic E-state index is 12.5. The van der Waals surface area contributed by atoms with Gasteiger partial charge < -0.3 is 19.5 Å². The zero-order valence-corrected chi connectivity index (χ0v) is 20.6. The van der Waals surface area contributed by atoms with Crippen LogP contribution in [0.3, 0.4) is 0 Å². The van der Waals surface area contributed by atoms with Crippen molar-refractivity contribution in [3.05, 3.63) is 52.4 Å². The minimum Gasteiger partial charge on any atom is -0.494 e. The van der Waals surface area contributed by atoms with Crippen molar-refractivity contribution in [2.24, 2.45) is 5.92 Å². The Kier molecular flexibility index (Phi) is 6.40. The van der Waals surface area contributed by atoms with E-state index in [2.05, 4.69) is 15.2 Å². The quantitative estimate of drug-likeness (QED) is 0.532. The first-order valence-electron chi connectivity index (χ1n) is 10.9. The van der Waals surface area contributed by atoms with Crippen LogP contribution in [0.25, 0.3) is 10.2 Å². The summed E-state index contributed by atoms with van der Waals surface area (Å²) in [7, 11) is 0. The molecular formula is C23H24N4O3S3. The predicted octanol–water partition coefficient (Wildman–Crippen LogP) is 3.93. The molecule has 2 aliphatic rings. The van der Waals surface area contributed by atoms with Gasteiger partial charge in [-0.15, -0.1) is 0 Å². The number of nitrogens with one attached hydrogen (secondary N) is 1. The molecule has 5 rings (SSSR count). The van der Waals surface area contributed by atoms with Gasteiger partial charge in [0.1, 0.15) is 10.1 Å². The largest absolute Gasteiger partial charge is 0.494 e. The number of pyridine rings is 1. The molecule has 1 amide bonds. The number of thiocarbonyl (C=S) groups is 1. The number of anilines is 1. The summed E-state index contributed by atoms with van der Waals surface area (Å²) in [6, 6.07) is 11.2. The summed E-state index contributed by atoms with van der Waals surface area (Å²) >= 11 is 8.48. The van der Waals surface area contributed by atoms with Crippen molar-refractivity contribution < 1.29 is 9.53 Å². The Morgan fingerprint density at radius 1 is 1.30 bits per heavy atom. The van der Waals surface area contributed by atoms with Gasteiger partial charge in [-0.25, -0.2) is 4.98 Å². The number of carbonyl (C=O) groups is 1. The van der Waals surface area contributed by atoms with E-state index in [-0.39, 0.29) is 17.2 Å². The van der Waals surface area contributed by atoms with Gasteiger partial charge in [-0.3, -0.25) is 9.59 Å². The second-order valence-electron chi connectivity index (χ2n) is 8.29. The highest BCUT2D eigenvalue weighted by Gasteiger charge is 2.35. The number of benzene rings is 1. The monoisotopic (exact) mass is 500 g/mol. The van der Waals surface area contributed by atoms with Crippen LogP contribution >= 0.6 is 35.3 Å². The lowest BCUT2D eigenvalue weighted by Crippen LogP contribution is -2.48. The zero-order chi connectivity index (χ0) is 22.9. The van der Waals surface area contributed by atoms with E-state index in [0.717, 1.165) is 52.0 Å². The van der Waals surface area contributed by atoms with Crippen molar-refractivity contribution in [2.45, 2.75) is 25.8 Å². The first-order valence-corrected chi connectivity index (χ1v) is 13.2. The molecule has 2 aliphatic heterocycles. The standard InChI is InChI=1S/C23H24N4O3S3/c1-2-30-16-6-7-17-19(9-16)33-22(24-17)25-20(28)13-32-23(31)26-10-14-8-15(12-26)18-4-3-5-21(29)27(18)11-14/h3-7,9,14-15H,2,8,10-13H2,1H3,(H,24,25,28). The Balaban J connectivity index is 1.17. The van der Waals surface area contributed by atoms with Gasteiger partial charge in [-0.1, -0.05) is 41.4 Å². The summed E-state index contributed by atoms with van der Waals surface area (Å²) in [6.45, 7) is 4.90. The number of nitrogens with zero attached hydrogens (tertiary/aromatic N) is 3. The fourth-order valence-electron chi connectivity index (χ4n) is 4.63. The van der Waals surface area contributed by atoms with Crippen LogP contribution in [0.1, 0.15) is 25.0 Å². The zero-order valence-electron chi connectivity index (χ0n) is 18.2. The van der Waals surface area contributed by atoms with Crippen LogP contribution in [-0.2, 0) is 11.3 Å². The third-order valence-corrected chi connectivity index (χ3v) is 8.44. The second-order valence-corrected chi connectivity index (χ2v) is 10.9. The van der Waals surface area contributed by atoms with Crippen molar-refractivity contribution in [1.82, 2.24) is 14.5 Å². The highest BCUT2D eigenvalue weighted by molar-refractivity contribution is 8.23. The van der Waals surface area contributed by atoms with Crippen molar-refractivity contribution in [3.8, 4) is 5.75 Å². The average Bonchev–Trinajstić information content (AvgIpc) is 3.19. The number of thiazole rings is 1. The van der Waals surface area contributed by atoms with Crippen molar-refractivity contribution in [3.63, 3.8) is 0 Å². The Labute approximate surface area is 205 Å². The van der Waals surface area contributed by atoms with Gasteiger partial charge in [-0.2, -0.15) is 0 Å². The molecule has 0 spiro atoms. The Hall–Kier alpha value is -2.43. The van der Waals surface area contributed by atoms with Gasteiger partial charge in [0.2, 0.25) is 5.91 Å². The van der Waals surface area contributed by atoms with Crippen LogP contribution in [-0.4, -0.2) is 50.1 Å². The van der Waals surface area contributed by atoms with Gasteiger partial charge in [0.25, 0.3) is 5.56 Å². The normalized spacial score (nSPS) is 19.2. The number of hydrogen-bond donors (Lipinski definition) is 1. The van der Waals surface area contributed by atoms with E-state index in [9.17, 15) is 9.59 Å². The van der Waals surface area contributed by atoms with E-state index in [4.69, 9.17) is 17.0 Å². The van der Waals surface area contributed by atoms with Gasteiger partial charge in [0.05, 0.1) is 22.6 Å². The molecule has 2 atom stereocenters. The van der Waals surface area contributed by atoms with Crippen LogP contribution in [0.2, 0.25) is 0 Å². The Morgan fingerprint density at radius 2 is 2.18 bits per heavy atom. The molecule has 0 saturated carbocycles. The van der Waals surface area contributed by atoms with E-state index in [1.807, 2.05) is 41.8 Å². The summed E-state index contributed by atoms with van der Waals surface area (Å²) in [5.41, 5.74) is 2.01. The van der Waals surface area contributed by atoms with Crippen LogP contribution in [0.15, 0.2) is 41.2 Å². The molecule has 4 heterocycles. The van der Waals surface area contributed by atoms with E-state index >= 15 is 0 Å². The minimum atomic E-state index is -0.125. The molecule has 3 aromatic rings. The number of rotatable bonds is 5. The highest BCUT2D eigenvalue weighted by Crippen LogP contribution is 2.36. The SMILES string of the molecule is CCOc1ccc2nc(NC(=O)CSC(=S)N3CC4CC(C3)c3cccc(=O)n3C4)sc2c1. The number of amides is 1. The van der Waals surface area contributed by atoms with Crippen LogP contribution < -0.4 is 15.6 Å². The topological polar surface area (TPSA) is 76.5 Å². The molecule has 2 bridgehead atoms. The summed E-state index contributed by atoms with van der Waals surface area (Å²) < 4.78 is 9.15. The first kappa shape index (κ1) is 22.4. The molecule has 10 heteroatoms. The number of ether oxygens (including phenoxy) is 1. The van der Waals surface area contributed by atoms with Gasteiger partial charge in [-0.05, 0) is 43.5 Å². The summed E-state index contributed by atoms with van der Waals surface area (Å²) in [6.07, 6.45) is 1.08. The molecule has 1 aromatic carbocycles. The number of thioether (sulfide) groups is 1. The number of aromatic nitrogens is 2. The Morgan fingerprint density at radius 3 is 3.03 bits per heavy atom. The predicted molar refractivity (Wildman–Crippen MR) is 138 cm³/mol. The molecule has 33 heavy (non-hydrogen) atoms. The maximum absolute atomic E-state index is 12.5. The number of hydrogen-bond acceptors (Lipinski definition) is 7. The molecule has 1 fully saturated rings. The second kappa shape index (κ2) is 9.44. The third kappa shape index (κ3) is 4.78. The fraction of sp³-hybridized carbons (Fsp3) is 0.391. The minimum absolute atomic E-state index is 0.0771. The van der Waals surface area contributed by atoms with Gasteiger partial charge >= 0.3 is 0 Å². The first-order chi connectivity index (χ1) is 16.0. The third-order valence-electron chi connectivity index (χ3n) is 5.98. The molecule has 0 aliphatic carbocycles. The number of carbonyl (C=O) groups excluding carboxylic acids is 1. The van der Waals surface area contributed by atoms with Crippen LogP contribution in [0.5, 0.6) is 5.75 Å². The molecule has 7 nitrogen and oxygen atoms in total. The molecule has 172 valence electrons. The lowest BCUT2D eigenvalue weighted by molar-refractivity contribution is -0.113. The van der Waals surface area contributed by atoms with Crippen LogP contribution in [0.4, 0.5) is 5.13 Å². The van der Waals surface area contributed by atoms with Crippen molar-refractivity contribution in [1.29, 1.82) is 0 Å². The lowest BCUT2D eigenvalue weighted by atomic mass is 9.83. The van der Waals surface area contributed by atoms with Gasteiger partial charge in [0.15, 0.2) is 5.13 Å². The lowest BCUT2D eigenvalue weighted by Gasteiger charge is -2.43. The molecule has 1 saturated heterocycles. The van der Waals surface area contributed by atoms with E-state index in [1.54, 1.807) is 6.07 Å². The van der Waals surface area contributed by atoms with E-state index in [0.29, 0.717) is 23.6 Å². The Bertz CT molecular complexity index is 1270. The average molecular weight is 501 g/mol. The van der Waals surface area contributed by atoms with E-state index in [1.165, 1.54) is 23.1 Å². The number of likely N-dealkylation sites (tertiary alicyclic amines) is 1. The maximum Gasteiger partial charge on any atom is 0.250 e. The molecule has 2 aromatic heterocycles. The number of piperidine rings is 1. The van der Waals surface area contributed by atoms with Crippen LogP contribution in [0, 0.1) is 5.92 Å². The number of fused-ring (bicyclic) bond motifs is 5. The molecule has 1 N–H and O–H groups in total. The molecule has 2 unspecified atom stereocenters. The smallest absolute Gasteiger partial charge is 0.250 e. The summed E-state index contributed by atoms with van der Waals surface area (Å²) in [5, 5.41) is 3.46.